The maximum atomic E-state index is 12.6. The molecule has 0 radical (unpaired) electrons. The third-order valence-electron chi connectivity index (χ3n) is 4.58. The number of aromatic amines is 1. The first-order valence-corrected chi connectivity index (χ1v) is 8.42. The van der Waals surface area contributed by atoms with Crippen molar-refractivity contribution in [3.05, 3.63) is 86.6 Å². The maximum Gasteiger partial charge on any atom is 0.334 e. The number of anilines is 2. The van der Waals surface area contributed by atoms with Gasteiger partial charge in [-0.3, -0.25) is 9.78 Å². The van der Waals surface area contributed by atoms with Gasteiger partial charge in [0.1, 0.15) is 5.82 Å². The Bertz CT molecular complexity index is 1020. The van der Waals surface area contributed by atoms with Crippen LogP contribution in [0.3, 0.4) is 0 Å². The first kappa shape index (κ1) is 15.4. The summed E-state index contributed by atoms with van der Waals surface area (Å²) >= 11 is 0. The predicted octanol–water partition coefficient (Wildman–Crippen LogP) is 2.92. The van der Waals surface area contributed by atoms with Crippen molar-refractivity contribution >= 4 is 11.5 Å². The van der Waals surface area contributed by atoms with Crippen LogP contribution in [0.4, 0.5) is 11.5 Å². The van der Waals surface area contributed by atoms with Crippen molar-refractivity contribution in [2.45, 2.75) is 19.8 Å². The van der Waals surface area contributed by atoms with E-state index >= 15 is 0 Å². The number of aromatic nitrogens is 2. The molecular formula is C20H19N3O2. The van der Waals surface area contributed by atoms with Crippen LogP contribution in [0, 0.1) is 6.92 Å². The molecule has 2 heterocycles. The summed E-state index contributed by atoms with van der Waals surface area (Å²) in [5.74, 6) is 0.547. The fraction of sp³-hybridized carbons (Fsp3) is 0.200. The van der Waals surface area contributed by atoms with Crippen molar-refractivity contribution < 1.29 is 0 Å². The monoisotopic (exact) mass is 333 g/mol. The van der Waals surface area contributed by atoms with Crippen molar-refractivity contribution in [2.24, 2.45) is 0 Å². The molecule has 1 N–H and O–H groups in total. The van der Waals surface area contributed by atoms with Crippen LogP contribution < -0.4 is 16.1 Å². The number of H-pyrrole nitrogens is 1. The van der Waals surface area contributed by atoms with Gasteiger partial charge in [0.25, 0.3) is 5.56 Å². The Morgan fingerprint density at radius 3 is 2.64 bits per heavy atom. The highest BCUT2D eigenvalue weighted by Gasteiger charge is 2.19. The van der Waals surface area contributed by atoms with E-state index in [0.717, 1.165) is 30.6 Å². The quantitative estimate of drug-likeness (QED) is 0.784. The average Bonchev–Trinajstić information content (AvgIpc) is 2.60. The predicted molar refractivity (Wildman–Crippen MR) is 99.2 cm³/mol. The Morgan fingerprint density at radius 1 is 1.00 bits per heavy atom. The molecule has 2 aromatic carbocycles. The number of benzene rings is 2. The zero-order chi connectivity index (χ0) is 17.4. The zero-order valence-electron chi connectivity index (χ0n) is 14.0. The topological polar surface area (TPSA) is 58.1 Å². The number of rotatable bonds is 2. The molecule has 1 aromatic heterocycles. The summed E-state index contributed by atoms with van der Waals surface area (Å²) in [6.45, 7) is 2.71. The van der Waals surface area contributed by atoms with Crippen LogP contribution >= 0.6 is 0 Å². The van der Waals surface area contributed by atoms with Gasteiger partial charge < -0.3 is 4.90 Å². The van der Waals surface area contributed by atoms with Gasteiger partial charge in [0.15, 0.2) is 0 Å². The highest BCUT2D eigenvalue weighted by atomic mass is 16.2. The van der Waals surface area contributed by atoms with E-state index in [0.29, 0.717) is 11.5 Å². The molecule has 0 saturated heterocycles. The summed E-state index contributed by atoms with van der Waals surface area (Å²) in [4.78, 5) is 30.1. The van der Waals surface area contributed by atoms with Crippen molar-refractivity contribution in [2.75, 3.05) is 11.4 Å². The largest absolute Gasteiger partial charge is 0.334 e. The summed E-state index contributed by atoms with van der Waals surface area (Å²) < 4.78 is 1.17. The molecular weight excluding hydrogens is 314 g/mol. The summed E-state index contributed by atoms with van der Waals surface area (Å²) in [7, 11) is 0. The summed E-state index contributed by atoms with van der Waals surface area (Å²) in [6.07, 6.45) is 2.00. The Balaban J connectivity index is 1.82. The number of nitrogens with one attached hydrogen (secondary N) is 1. The van der Waals surface area contributed by atoms with Gasteiger partial charge in [0.2, 0.25) is 0 Å². The number of fused-ring (bicyclic) bond motifs is 1. The molecule has 25 heavy (non-hydrogen) atoms. The number of aryl methyl sites for hydroxylation is 2. The SMILES string of the molecule is Cc1cccc(-n2c(=O)cc(N3CCCc4ccccc43)[nH]c2=O)c1. The number of para-hydroxylation sites is 1. The minimum atomic E-state index is -0.420. The van der Waals surface area contributed by atoms with E-state index < -0.39 is 5.69 Å². The number of nitrogens with zero attached hydrogens (tertiary/aromatic N) is 2. The smallest absolute Gasteiger partial charge is 0.327 e. The summed E-state index contributed by atoms with van der Waals surface area (Å²) in [5, 5.41) is 0. The fourth-order valence-electron chi connectivity index (χ4n) is 3.42. The molecule has 4 rings (SSSR count). The van der Waals surface area contributed by atoms with Crippen molar-refractivity contribution in [1.82, 2.24) is 9.55 Å². The number of hydrogen-bond acceptors (Lipinski definition) is 3. The third kappa shape index (κ3) is 2.78. The molecule has 5 heteroatoms. The number of hydrogen-bond donors (Lipinski definition) is 1. The third-order valence-corrected chi connectivity index (χ3v) is 4.58. The molecule has 1 aliphatic heterocycles. The standard InChI is InChI=1S/C20H19N3O2/c1-14-6-4-9-16(12-14)23-19(24)13-18(21-20(23)25)22-11-5-8-15-7-2-3-10-17(15)22/h2-4,6-7,9-10,12-13H,5,8,11H2,1H3,(H,21,25). The van der Waals surface area contributed by atoms with E-state index in [1.165, 1.54) is 16.2 Å². The first-order chi connectivity index (χ1) is 12.1. The summed E-state index contributed by atoms with van der Waals surface area (Å²) in [5.41, 5.74) is 3.12. The second kappa shape index (κ2) is 6.09. The Hall–Kier alpha value is -3.08. The van der Waals surface area contributed by atoms with Crippen molar-refractivity contribution in [1.29, 1.82) is 0 Å². The minimum absolute atomic E-state index is 0.326. The normalized spacial score (nSPS) is 13.6. The molecule has 0 spiro atoms. The second-order valence-electron chi connectivity index (χ2n) is 6.36. The van der Waals surface area contributed by atoms with Gasteiger partial charge >= 0.3 is 5.69 Å². The van der Waals surface area contributed by atoms with E-state index in [2.05, 4.69) is 11.1 Å². The van der Waals surface area contributed by atoms with Gasteiger partial charge in [0, 0.05) is 18.3 Å². The van der Waals surface area contributed by atoms with Crippen LogP contribution in [0.2, 0.25) is 0 Å². The van der Waals surface area contributed by atoms with Crippen molar-refractivity contribution in [3.63, 3.8) is 0 Å². The zero-order valence-corrected chi connectivity index (χ0v) is 14.0. The van der Waals surface area contributed by atoms with Gasteiger partial charge in [0.05, 0.1) is 5.69 Å². The molecule has 0 atom stereocenters. The van der Waals surface area contributed by atoms with Crippen LogP contribution in [0.1, 0.15) is 17.5 Å². The molecule has 126 valence electrons. The summed E-state index contributed by atoms with van der Waals surface area (Å²) in [6, 6.07) is 17.0. The van der Waals surface area contributed by atoms with Gasteiger partial charge in [-0.25, -0.2) is 9.36 Å². The minimum Gasteiger partial charge on any atom is -0.327 e. The average molecular weight is 333 g/mol. The van der Waals surface area contributed by atoms with Crippen LogP contribution in [0.25, 0.3) is 5.69 Å². The molecule has 0 bridgehead atoms. The lowest BCUT2D eigenvalue weighted by atomic mass is 10.0. The maximum absolute atomic E-state index is 12.6. The molecule has 0 amide bonds. The van der Waals surface area contributed by atoms with Crippen LogP contribution in [-0.2, 0) is 6.42 Å². The lowest BCUT2D eigenvalue weighted by Gasteiger charge is -2.30. The molecule has 0 aliphatic carbocycles. The van der Waals surface area contributed by atoms with Gasteiger partial charge in [-0.2, -0.15) is 0 Å². The highest BCUT2D eigenvalue weighted by Crippen LogP contribution is 2.31. The second-order valence-corrected chi connectivity index (χ2v) is 6.36. The van der Waals surface area contributed by atoms with E-state index in [9.17, 15) is 9.59 Å². The van der Waals surface area contributed by atoms with E-state index in [1.807, 2.05) is 48.2 Å². The van der Waals surface area contributed by atoms with Gasteiger partial charge in [-0.05, 0) is 49.1 Å². The Labute approximate surface area is 145 Å². The molecule has 0 unspecified atom stereocenters. The van der Waals surface area contributed by atoms with Crippen molar-refractivity contribution in [3.8, 4) is 5.69 Å². The van der Waals surface area contributed by atoms with Crippen LogP contribution in [0.5, 0.6) is 0 Å². The molecule has 0 fully saturated rings. The lowest BCUT2D eigenvalue weighted by molar-refractivity contribution is 0.749. The van der Waals surface area contributed by atoms with Gasteiger partial charge in [-0.1, -0.05) is 30.3 Å². The van der Waals surface area contributed by atoms with E-state index in [-0.39, 0.29) is 5.56 Å². The van der Waals surface area contributed by atoms with Crippen LogP contribution in [0.15, 0.2) is 64.2 Å². The van der Waals surface area contributed by atoms with E-state index in [1.54, 1.807) is 6.07 Å². The molecule has 0 saturated carbocycles. The Kier molecular flexibility index (Phi) is 3.76. The fourth-order valence-corrected chi connectivity index (χ4v) is 3.42. The molecule has 3 aromatic rings. The Morgan fingerprint density at radius 2 is 1.84 bits per heavy atom. The molecule has 1 aliphatic rings. The highest BCUT2D eigenvalue weighted by molar-refractivity contribution is 5.65. The molecule has 5 nitrogen and oxygen atoms in total. The first-order valence-electron chi connectivity index (χ1n) is 8.42. The van der Waals surface area contributed by atoms with Gasteiger partial charge in [-0.15, -0.1) is 0 Å². The lowest BCUT2D eigenvalue weighted by Crippen LogP contribution is -2.36. The van der Waals surface area contributed by atoms with E-state index in [4.69, 9.17) is 0 Å². The van der Waals surface area contributed by atoms with Crippen LogP contribution in [-0.4, -0.2) is 16.1 Å².